The molecule has 3 unspecified atom stereocenters. The topological polar surface area (TPSA) is 24.5 Å². The second kappa shape index (κ2) is 5.74. The molecule has 3 atom stereocenters. The van der Waals surface area contributed by atoms with E-state index in [1.165, 1.54) is 30.8 Å². The van der Waals surface area contributed by atoms with Crippen molar-refractivity contribution in [2.75, 3.05) is 32.8 Å². The third kappa shape index (κ3) is 2.70. The molecule has 1 aromatic rings. The van der Waals surface area contributed by atoms with E-state index in [4.69, 9.17) is 4.74 Å². The number of likely N-dealkylation sites (tertiary alicyclic amines) is 1. The fourth-order valence-corrected chi connectivity index (χ4v) is 3.69. The Hall–Kier alpha value is -1.06. The first-order valence-corrected chi connectivity index (χ1v) is 7.80. The molecular weight excluding hydrogens is 248 g/mol. The molecule has 0 amide bonds. The molecule has 1 N–H and O–H groups in total. The van der Waals surface area contributed by atoms with Crippen LogP contribution < -0.4 is 10.1 Å². The van der Waals surface area contributed by atoms with Crippen LogP contribution in [0.25, 0.3) is 0 Å². The Labute approximate surface area is 122 Å². The molecule has 0 saturated carbocycles. The number of ether oxygens (including phenoxy) is 1. The van der Waals surface area contributed by atoms with Gasteiger partial charge in [-0.25, -0.2) is 0 Å². The summed E-state index contributed by atoms with van der Waals surface area (Å²) in [6, 6.07) is 7.11. The lowest BCUT2D eigenvalue weighted by Crippen LogP contribution is -2.36. The summed E-state index contributed by atoms with van der Waals surface area (Å²) in [5, 5.41) is 3.51. The molecule has 0 bridgehead atoms. The molecule has 2 saturated heterocycles. The first kappa shape index (κ1) is 13.9. The summed E-state index contributed by atoms with van der Waals surface area (Å²) in [7, 11) is 0. The predicted octanol–water partition coefficient (Wildman–Crippen LogP) is 2.22. The fraction of sp³-hybridized carbons (Fsp3) is 0.647. The fourth-order valence-electron chi connectivity index (χ4n) is 3.69. The van der Waals surface area contributed by atoms with Crippen molar-refractivity contribution in [1.29, 1.82) is 0 Å². The van der Waals surface area contributed by atoms with Gasteiger partial charge >= 0.3 is 0 Å². The molecular formula is C17H26N2O. The molecule has 3 nitrogen and oxygen atoms in total. The number of fused-ring (bicyclic) bond motifs is 1. The van der Waals surface area contributed by atoms with Crippen LogP contribution in [0.2, 0.25) is 0 Å². The molecule has 20 heavy (non-hydrogen) atoms. The highest BCUT2D eigenvalue weighted by Crippen LogP contribution is 2.31. The number of aryl methyl sites for hydroxylation is 2. The van der Waals surface area contributed by atoms with Crippen LogP contribution in [-0.2, 0) is 0 Å². The molecule has 3 rings (SSSR count). The van der Waals surface area contributed by atoms with E-state index in [1.807, 2.05) is 0 Å². The Morgan fingerprint density at radius 2 is 2.15 bits per heavy atom. The van der Waals surface area contributed by atoms with Gasteiger partial charge in [0.05, 0.1) is 0 Å². The third-order valence-electron chi connectivity index (χ3n) is 5.04. The highest BCUT2D eigenvalue weighted by atomic mass is 16.5. The van der Waals surface area contributed by atoms with Gasteiger partial charge in [-0.1, -0.05) is 12.1 Å². The van der Waals surface area contributed by atoms with Crippen LogP contribution in [0.1, 0.15) is 18.1 Å². The van der Waals surface area contributed by atoms with Crippen molar-refractivity contribution < 1.29 is 4.74 Å². The van der Waals surface area contributed by atoms with Crippen LogP contribution in [0.3, 0.4) is 0 Å². The number of nitrogens with one attached hydrogen (secondary N) is 1. The first-order chi connectivity index (χ1) is 9.65. The van der Waals surface area contributed by atoms with Gasteiger partial charge < -0.3 is 10.1 Å². The smallest absolute Gasteiger partial charge is 0.122 e. The lowest BCUT2D eigenvalue weighted by atomic mass is 9.95. The zero-order valence-corrected chi connectivity index (χ0v) is 12.9. The summed E-state index contributed by atoms with van der Waals surface area (Å²) in [6.07, 6.45) is 0. The highest BCUT2D eigenvalue weighted by Gasteiger charge is 2.41. The Kier molecular flexibility index (Phi) is 3.99. The van der Waals surface area contributed by atoms with E-state index >= 15 is 0 Å². The van der Waals surface area contributed by atoms with E-state index in [2.05, 4.69) is 49.2 Å². The molecule has 2 aliphatic rings. The van der Waals surface area contributed by atoms with Crippen LogP contribution in [0.4, 0.5) is 0 Å². The molecule has 110 valence electrons. The average Bonchev–Trinajstić information content (AvgIpc) is 2.98. The lowest BCUT2D eigenvalue weighted by Gasteiger charge is -2.24. The molecule has 0 aromatic heterocycles. The van der Waals surface area contributed by atoms with Crippen LogP contribution in [-0.4, -0.2) is 43.7 Å². The van der Waals surface area contributed by atoms with E-state index in [9.17, 15) is 0 Å². The van der Waals surface area contributed by atoms with Gasteiger partial charge in [-0.15, -0.1) is 0 Å². The van der Waals surface area contributed by atoms with Crippen molar-refractivity contribution in [1.82, 2.24) is 10.2 Å². The van der Waals surface area contributed by atoms with Gasteiger partial charge in [0, 0.05) is 19.1 Å². The average molecular weight is 274 g/mol. The van der Waals surface area contributed by atoms with E-state index < -0.39 is 0 Å². The minimum absolute atomic E-state index is 0.692. The summed E-state index contributed by atoms with van der Waals surface area (Å²) in [5.74, 6) is 2.74. The Balaban J connectivity index is 1.52. The van der Waals surface area contributed by atoms with Crippen molar-refractivity contribution in [2.45, 2.75) is 26.8 Å². The summed E-state index contributed by atoms with van der Waals surface area (Å²) in [5.41, 5.74) is 2.49. The second-order valence-corrected chi connectivity index (χ2v) is 6.44. The van der Waals surface area contributed by atoms with Gasteiger partial charge in [0.2, 0.25) is 0 Å². The summed E-state index contributed by atoms with van der Waals surface area (Å²) < 4.78 is 5.99. The number of nitrogens with zero attached hydrogens (tertiary/aromatic N) is 1. The first-order valence-electron chi connectivity index (χ1n) is 7.80. The zero-order chi connectivity index (χ0) is 14.1. The Morgan fingerprint density at radius 1 is 1.30 bits per heavy atom. The van der Waals surface area contributed by atoms with Gasteiger partial charge in [-0.2, -0.15) is 0 Å². The summed E-state index contributed by atoms with van der Waals surface area (Å²) >= 11 is 0. The van der Waals surface area contributed by atoms with E-state index in [0.717, 1.165) is 30.7 Å². The van der Waals surface area contributed by atoms with E-state index in [1.54, 1.807) is 0 Å². The standard InChI is InChI=1S/C17H26N2O/c1-12-4-5-13(2)17(8-12)20-7-6-19-11-15-9-18-10-16(15)14(19)3/h4-5,8,14-16,18H,6-7,9-11H2,1-3H3. The van der Waals surface area contributed by atoms with Crippen molar-refractivity contribution in [2.24, 2.45) is 11.8 Å². The molecule has 0 radical (unpaired) electrons. The van der Waals surface area contributed by atoms with Gasteiger partial charge in [-0.05, 0) is 62.9 Å². The highest BCUT2D eigenvalue weighted by molar-refractivity contribution is 5.35. The van der Waals surface area contributed by atoms with Crippen LogP contribution in [0.15, 0.2) is 18.2 Å². The molecule has 0 aliphatic carbocycles. The van der Waals surface area contributed by atoms with Crippen molar-refractivity contribution in [3.8, 4) is 5.75 Å². The predicted molar refractivity (Wildman–Crippen MR) is 82.3 cm³/mol. The van der Waals surface area contributed by atoms with Crippen molar-refractivity contribution in [3.63, 3.8) is 0 Å². The van der Waals surface area contributed by atoms with Gasteiger partial charge in [0.15, 0.2) is 0 Å². The van der Waals surface area contributed by atoms with Crippen molar-refractivity contribution >= 4 is 0 Å². The SMILES string of the molecule is Cc1ccc(C)c(OCCN2CC3CNCC3C2C)c1. The van der Waals surface area contributed by atoms with Crippen molar-refractivity contribution in [3.05, 3.63) is 29.3 Å². The van der Waals surface area contributed by atoms with Gasteiger partial charge in [0.1, 0.15) is 12.4 Å². The second-order valence-electron chi connectivity index (χ2n) is 6.44. The molecule has 0 spiro atoms. The normalized spacial score (nSPS) is 29.6. The molecule has 1 aromatic carbocycles. The molecule has 2 fully saturated rings. The van der Waals surface area contributed by atoms with Gasteiger partial charge in [-0.3, -0.25) is 4.90 Å². The molecule has 2 heterocycles. The maximum atomic E-state index is 5.99. The molecule has 2 aliphatic heterocycles. The van der Waals surface area contributed by atoms with E-state index in [0.29, 0.717) is 6.04 Å². The largest absolute Gasteiger partial charge is 0.492 e. The maximum Gasteiger partial charge on any atom is 0.122 e. The molecule has 3 heteroatoms. The quantitative estimate of drug-likeness (QED) is 0.911. The number of hydrogen-bond acceptors (Lipinski definition) is 3. The lowest BCUT2D eigenvalue weighted by molar-refractivity contribution is 0.188. The maximum absolute atomic E-state index is 5.99. The number of hydrogen-bond donors (Lipinski definition) is 1. The third-order valence-corrected chi connectivity index (χ3v) is 5.04. The van der Waals surface area contributed by atoms with Gasteiger partial charge in [0.25, 0.3) is 0 Å². The van der Waals surface area contributed by atoms with Crippen LogP contribution in [0.5, 0.6) is 5.75 Å². The monoisotopic (exact) mass is 274 g/mol. The zero-order valence-electron chi connectivity index (χ0n) is 12.9. The summed E-state index contributed by atoms with van der Waals surface area (Å²) in [6.45, 7) is 12.1. The Morgan fingerprint density at radius 3 is 2.95 bits per heavy atom. The number of benzene rings is 1. The minimum atomic E-state index is 0.692. The Bertz CT molecular complexity index is 474. The van der Waals surface area contributed by atoms with Crippen LogP contribution >= 0.6 is 0 Å². The minimum Gasteiger partial charge on any atom is -0.492 e. The summed E-state index contributed by atoms with van der Waals surface area (Å²) in [4.78, 5) is 2.60. The van der Waals surface area contributed by atoms with E-state index in [-0.39, 0.29) is 0 Å². The number of rotatable bonds is 4. The van der Waals surface area contributed by atoms with Crippen LogP contribution in [0, 0.1) is 25.7 Å².